The molecule has 1 N–H and O–H groups in total. The number of anilines is 1. The van der Waals surface area contributed by atoms with Crippen LogP contribution in [0.1, 0.15) is 0 Å². The van der Waals surface area contributed by atoms with Crippen LogP contribution in [0, 0.1) is 17.5 Å². The molecule has 0 unspecified atom stereocenters. The van der Waals surface area contributed by atoms with Crippen molar-refractivity contribution in [1.29, 1.82) is 0 Å². The summed E-state index contributed by atoms with van der Waals surface area (Å²) < 4.78 is 38.9. The molecule has 0 spiro atoms. The van der Waals surface area contributed by atoms with Gasteiger partial charge in [-0.05, 0) is 30.3 Å². The molecule has 2 aromatic carbocycles. The number of nitrogens with one attached hydrogen (secondary N) is 1. The standard InChI is InChI=1S/C14H12F3NS/c15-11-6-5-10(9-13(11)17)19-8-7-18-14-4-2-1-3-12(14)16/h1-6,9,18H,7-8H2. The lowest BCUT2D eigenvalue weighted by Crippen LogP contribution is -2.05. The Balaban J connectivity index is 1.81. The predicted octanol–water partition coefficient (Wildman–Crippen LogP) is 4.31. The second-order valence-electron chi connectivity index (χ2n) is 3.83. The molecule has 1 nitrogen and oxygen atoms in total. The van der Waals surface area contributed by atoms with E-state index < -0.39 is 11.6 Å². The molecular formula is C14H12F3NS. The van der Waals surface area contributed by atoms with Gasteiger partial charge >= 0.3 is 0 Å². The summed E-state index contributed by atoms with van der Waals surface area (Å²) in [5, 5.41) is 2.95. The minimum absolute atomic E-state index is 0.305. The summed E-state index contributed by atoms with van der Waals surface area (Å²) in [4.78, 5) is 0.647. The zero-order valence-electron chi connectivity index (χ0n) is 10.00. The number of rotatable bonds is 5. The highest BCUT2D eigenvalue weighted by Crippen LogP contribution is 2.20. The molecule has 0 amide bonds. The fraction of sp³-hybridized carbons (Fsp3) is 0.143. The summed E-state index contributed by atoms with van der Waals surface area (Å²) in [5.41, 5.74) is 0.438. The van der Waals surface area contributed by atoms with Crippen molar-refractivity contribution in [2.24, 2.45) is 0 Å². The molecule has 0 atom stereocenters. The number of thioether (sulfide) groups is 1. The van der Waals surface area contributed by atoms with Crippen molar-refractivity contribution in [1.82, 2.24) is 0 Å². The van der Waals surface area contributed by atoms with Gasteiger partial charge in [-0.25, -0.2) is 13.2 Å². The Labute approximate surface area is 113 Å². The van der Waals surface area contributed by atoms with Crippen LogP contribution < -0.4 is 5.32 Å². The van der Waals surface area contributed by atoms with Gasteiger partial charge in [0, 0.05) is 17.2 Å². The van der Waals surface area contributed by atoms with E-state index in [1.165, 1.54) is 23.9 Å². The first-order valence-corrected chi connectivity index (χ1v) is 6.71. The third-order valence-corrected chi connectivity index (χ3v) is 3.45. The fourth-order valence-corrected chi connectivity index (χ4v) is 2.32. The molecule has 19 heavy (non-hydrogen) atoms. The predicted molar refractivity (Wildman–Crippen MR) is 72.0 cm³/mol. The third kappa shape index (κ3) is 3.92. The molecule has 0 aliphatic rings. The molecule has 0 radical (unpaired) electrons. The van der Waals surface area contributed by atoms with Crippen LogP contribution in [0.3, 0.4) is 0 Å². The van der Waals surface area contributed by atoms with Gasteiger partial charge in [-0.1, -0.05) is 12.1 Å². The van der Waals surface area contributed by atoms with Gasteiger partial charge in [0.15, 0.2) is 11.6 Å². The third-order valence-electron chi connectivity index (χ3n) is 2.45. The maximum atomic E-state index is 13.3. The van der Waals surface area contributed by atoms with Crippen molar-refractivity contribution in [3.8, 4) is 0 Å². The SMILES string of the molecule is Fc1ccc(SCCNc2ccccc2F)cc1F. The van der Waals surface area contributed by atoms with Crippen LogP contribution in [0.4, 0.5) is 18.9 Å². The number of hydrogen-bond donors (Lipinski definition) is 1. The van der Waals surface area contributed by atoms with Crippen LogP contribution in [0.15, 0.2) is 47.4 Å². The minimum Gasteiger partial charge on any atom is -0.382 e. The maximum absolute atomic E-state index is 13.3. The van der Waals surface area contributed by atoms with Gasteiger partial charge in [-0.15, -0.1) is 11.8 Å². The van der Waals surface area contributed by atoms with Gasteiger partial charge in [0.1, 0.15) is 5.82 Å². The maximum Gasteiger partial charge on any atom is 0.159 e. The Morgan fingerprint density at radius 1 is 0.895 bits per heavy atom. The van der Waals surface area contributed by atoms with Crippen molar-refractivity contribution in [2.75, 3.05) is 17.6 Å². The molecule has 0 aliphatic carbocycles. The van der Waals surface area contributed by atoms with Crippen molar-refractivity contribution in [3.63, 3.8) is 0 Å². The Morgan fingerprint density at radius 2 is 1.68 bits per heavy atom. The lowest BCUT2D eigenvalue weighted by Gasteiger charge is -2.07. The van der Waals surface area contributed by atoms with Gasteiger partial charge in [0.25, 0.3) is 0 Å². The molecule has 2 rings (SSSR count). The highest BCUT2D eigenvalue weighted by Gasteiger charge is 2.03. The number of halogens is 3. The quantitative estimate of drug-likeness (QED) is 0.648. The van der Waals surface area contributed by atoms with E-state index in [-0.39, 0.29) is 5.82 Å². The highest BCUT2D eigenvalue weighted by molar-refractivity contribution is 7.99. The van der Waals surface area contributed by atoms with Crippen LogP contribution in [0.2, 0.25) is 0 Å². The Kier molecular flexibility index (Phi) is 4.74. The number of para-hydroxylation sites is 1. The molecular weight excluding hydrogens is 271 g/mol. The largest absolute Gasteiger partial charge is 0.382 e. The Hall–Kier alpha value is -1.62. The average Bonchev–Trinajstić information content (AvgIpc) is 2.40. The van der Waals surface area contributed by atoms with E-state index in [2.05, 4.69) is 5.32 Å². The van der Waals surface area contributed by atoms with Crippen LogP contribution >= 0.6 is 11.8 Å². The summed E-state index contributed by atoms with van der Waals surface area (Å²) in [6.45, 7) is 0.532. The number of hydrogen-bond acceptors (Lipinski definition) is 2. The van der Waals surface area contributed by atoms with Gasteiger partial charge in [-0.3, -0.25) is 0 Å². The smallest absolute Gasteiger partial charge is 0.159 e. The van der Waals surface area contributed by atoms with Crippen LogP contribution in [-0.4, -0.2) is 12.3 Å². The van der Waals surface area contributed by atoms with E-state index in [4.69, 9.17) is 0 Å². The summed E-state index contributed by atoms with van der Waals surface area (Å²) in [5.74, 6) is -1.39. The molecule has 0 bridgehead atoms. The second-order valence-corrected chi connectivity index (χ2v) is 5.00. The van der Waals surface area contributed by atoms with Gasteiger partial charge in [-0.2, -0.15) is 0 Å². The first-order chi connectivity index (χ1) is 9.16. The lowest BCUT2D eigenvalue weighted by atomic mass is 10.3. The molecule has 2 aromatic rings. The summed E-state index contributed by atoms with van der Waals surface area (Å²) >= 11 is 1.38. The van der Waals surface area contributed by atoms with Crippen molar-refractivity contribution in [3.05, 3.63) is 59.9 Å². The second kappa shape index (κ2) is 6.52. The Bertz CT molecular complexity index is 560. The van der Waals surface area contributed by atoms with Crippen molar-refractivity contribution >= 4 is 17.4 Å². The molecule has 0 saturated heterocycles. The topological polar surface area (TPSA) is 12.0 Å². The average molecular weight is 283 g/mol. The molecule has 100 valence electrons. The van der Waals surface area contributed by atoms with Gasteiger partial charge in [0.05, 0.1) is 5.69 Å². The van der Waals surface area contributed by atoms with E-state index in [1.807, 2.05) is 0 Å². The fourth-order valence-electron chi connectivity index (χ4n) is 1.53. The summed E-state index contributed by atoms with van der Waals surface area (Å²) in [7, 11) is 0. The molecule has 0 aromatic heterocycles. The molecule has 0 saturated carbocycles. The van der Waals surface area contributed by atoms with Crippen LogP contribution in [0.25, 0.3) is 0 Å². The van der Waals surface area contributed by atoms with E-state index in [0.29, 0.717) is 22.9 Å². The highest BCUT2D eigenvalue weighted by atomic mass is 32.2. The monoisotopic (exact) mass is 283 g/mol. The minimum atomic E-state index is -0.855. The first-order valence-electron chi connectivity index (χ1n) is 5.73. The van der Waals surface area contributed by atoms with Crippen molar-refractivity contribution < 1.29 is 13.2 Å². The van der Waals surface area contributed by atoms with E-state index >= 15 is 0 Å². The molecule has 0 aliphatic heterocycles. The molecule has 5 heteroatoms. The zero-order chi connectivity index (χ0) is 13.7. The normalized spacial score (nSPS) is 10.5. The molecule has 0 heterocycles. The van der Waals surface area contributed by atoms with Crippen molar-refractivity contribution in [2.45, 2.75) is 4.90 Å². The number of benzene rings is 2. The summed E-state index contributed by atoms with van der Waals surface area (Å²) in [6, 6.07) is 10.2. The molecule has 0 fully saturated rings. The van der Waals surface area contributed by atoms with E-state index in [9.17, 15) is 13.2 Å². The van der Waals surface area contributed by atoms with Crippen LogP contribution in [-0.2, 0) is 0 Å². The Morgan fingerprint density at radius 3 is 2.42 bits per heavy atom. The van der Waals surface area contributed by atoms with Gasteiger partial charge in [0.2, 0.25) is 0 Å². The van der Waals surface area contributed by atoms with E-state index in [0.717, 1.165) is 12.1 Å². The lowest BCUT2D eigenvalue weighted by molar-refractivity contribution is 0.506. The summed E-state index contributed by atoms with van der Waals surface area (Å²) in [6.07, 6.45) is 0. The van der Waals surface area contributed by atoms with Crippen LogP contribution in [0.5, 0.6) is 0 Å². The first kappa shape index (κ1) is 13.8. The van der Waals surface area contributed by atoms with Gasteiger partial charge < -0.3 is 5.32 Å². The van der Waals surface area contributed by atoms with E-state index in [1.54, 1.807) is 18.2 Å². The zero-order valence-corrected chi connectivity index (χ0v) is 10.8.